The zero-order chi connectivity index (χ0) is 13.5. The number of aliphatic imine (C=N–C) groups is 1. The van der Waals surface area contributed by atoms with Crippen molar-refractivity contribution in [3.63, 3.8) is 0 Å². The van der Waals surface area contributed by atoms with Crippen molar-refractivity contribution in [1.82, 2.24) is 10.6 Å². The summed E-state index contributed by atoms with van der Waals surface area (Å²) < 4.78 is 75.0. The van der Waals surface area contributed by atoms with E-state index in [1.165, 1.54) is 6.26 Å². The van der Waals surface area contributed by atoms with Crippen molar-refractivity contribution in [2.45, 2.75) is 18.0 Å². The van der Waals surface area contributed by atoms with E-state index in [1.807, 2.05) is 0 Å². The van der Waals surface area contributed by atoms with Gasteiger partial charge in [-0.2, -0.15) is 26.3 Å². The fourth-order valence-corrected chi connectivity index (χ4v) is 1.45. The molecule has 1 aliphatic heterocycles. The Labute approximate surface area is 94.8 Å². The molecular weight excluding hydrogens is 276 g/mol. The smallest absolute Gasteiger partial charge is 0.298 e. The lowest BCUT2D eigenvalue weighted by Gasteiger charge is -2.37. The second kappa shape index (κ2) is 3.96. The molecule has 0 fully saturated rings. The highest BCUT2D eigenvalue weighted by molar-refractivity contribution is 8.13. The summed E-state index contributed by atoms with van der Waals surface area (Å²) in [6.07, 6.45) is -10.4. The van der Waals surface area contributed by atoms with Crippen molar-refractivity contribution >= 4 is 23.0 Å². The molecule has 0 aromatic carbocycles. The fraction of sp³-hybridized carbons (Fsp3) is 0.667. The molecule has 0 saturated heterocycles. The molecule has 0 unspecified atom stereocenters. The van der Waals surface area contributed by atoms with E-state index in [0.717, 1.165) is 5.32 Å². The van der Waals surface area contributed by atoms with E-state index in [2.05, 4.69) is 4.99 Å². The van der Waals surface area contributed by atoms with E-state index in [9.17, 15) is 31.1 Å². The fourth-order valence-electron chi connectivity index (χ4n) is 1.03. The van der Waals surface area contributed by atoms with E-state index >= 15 is 0 Å². The number of urea groups is 1. The molecule has 2 N–H and O–H groups in total. The van der Waals surface area contributed by atoms with Gasteiger partial charge in [0, 0.05) is 0 Å². The van der Waals surface area contributed by atoms with Crippen LogP contribution in [0.1, 0.15) is 0 Å². The van der Waals surface area contributed by atoms with Crippen LogP contribution in [0.3, 0.4) is 0 Å². The average molecular weight is 281 g/mol. The van der Waals surface area contributed by atoms with Gasteiger partial charge in [0.15, 0.2) is 5.17 Å². The van der Waals surface area contributed by atoms with Crippen molar-refractivity contribution in [3.05, 3.63) is 0 Å². The Bertz CT molecular complexity index is 348. The van der Waals surface area contributed by atoms with Gasteiger partial charge in [-0.3, -0.25) is 10.6 Å². The number of carbonyl (C=O) groups excluding carboxylic acids is 1. The summed E-state index contributed by atoms with van der Waals surface area (Å²) in [7, 11) is 0. The summed E-state index contributed by atoms with van der Waals surface area (Å²) in [5.74, 6) is 0. The number of amides is 2. The number of amidine groups is 1. The van der Waals surface area contributed by atoms with Gasteiger partial charge >= 0.3 is 24.0 Å². The summed E-state index contributed by atoms with van der Waals surface area (Å²) in [5.41, 5.74) is -4.60. The Balaban J connectivity index is 3.39. The summed E-state index contributed by atoms with van der Waals surface area (Å²) in [6, 6.07) is -1.61. The predicted molar refractivity (Wildman–Crippen MR) is 47.5 cm³/mol. The third-order valence-electron chi connectivity index (χ3n) is 1.80. The molecule has 0 aliphatic carbocycles. The molecule has 0 radical (unpaired) electrons. The first kappa shape index (κ1) is 13.9. The standard InChI is InChI=1S/C6H5F6N3OS/c1-17-3-13-2(16)14-4(15-3,5(7,8)9)6(10,11)12/h1H3,(H2,13,14,15,16). The molecule has 0 aromatic heterocycles. The molecular formula is C6H5F6N3OS. The first-order chi connectivity index (χ1) is 7.53. The highest BCUT2D eigenvalue weighted by atomic mass is 32.2. The van der Waals surface area contributed by atoms with Crippen LogP contribution in [-0.4, -0.2) is 35.5 Å². The first-order valence-corrected chi connectivity index (χ1v) is 5.12. The Morgan fingerprint density at radius 2 is 1.65 bits per heavy atom. The third kappa shape index (κ3) is 2.28. The minimum atomic E-state index is -5.79. The highest BCUT2D eigenvalue weighted by Gasteiger charge is 2.74. The second-order valence-corrected chi connectivity index (χ2v) is 3.70. The first-order valence-electron chi connectivity index (χ1n) is 3.90. The number of nitrogens with one attached hydrogen (secondary N) is 2. The van der Waals surface area contributed by atoms with Crippen LogP contribution in [-0.2, 0) is 0 Å². The third-order valence-corrected chi connectivity index (χ3v) is 2.38. The summed E-state index contributed by atoms with van der Waals surface area (Å²) in [6.45, 7) is 0. The monoisotopic (exact) mass is 281 g/mol. The molecule has 0 saturated carbocycles. The Morgan fingerprint density at radius 3 is 2.00 bits per heavy atom. The number of carbonyl (C=O) groups is 1. The predicted octanol–water partition coefficient (Wildman–Crippen LogP) is 1.84. The van der Waals surface area contributed by atoms with Crippen molar-refractivity contribution < 1.29 is 31.1 Å². The molecule has 0 atom stereocenters. The van der Waals surface area contributed by atoms with E-state index in [1.54, 1.807) is 5.32 Å². The minimum Gasteiger partial charge on any atom is -0.298 e. The van der Waals surface area contributed by atoms with Gasteiger partial charge in [-0.1, -0.05) is 11.8 Å². The molecule has 0 aromatic rings. The molecule has 17 heavy (non-hydrogen) atoms. The minimum absolute atomic E-state index is 0.462. The van der Waals surface area contributed by atoms with E-state index in [4.69, 9.17) is 0 Å². The quantitative estimate of drug-likeness (QED) is 0.666. The summed E-state index contributed by atoms with van der Waals surface area (Å²) in [5, 5.41) is 1.74. The molecule has 2 amide bonds. The number of thioether (sulfide) groups is 1. The lowest BCUT2D eigenvalue weighted by molar-refractivity contribution is -0.301. The van der Waals surface area contributed by atoms with Crippen molar-refractivity contribution in [3.8, 4) is 0 Å². The molecule has 11 heteroatoms. The van der Waals surface area contributed by atoms with Gasteiger partial charge < -0.3 is 0 Å². The van der Waals surface area contributed by atoms with Crippen LogP contribution in [0, 0.1) is 0 Å². The Hall–Kier alpha value is -1.13. The largest absolute Gasteiger partial charge is 0.441 e. The maximum Gasteiger partial charge on any atom is 0.441 e. The molecule has 0 spiro atoms. The van der Waals surface area contributed by atoms with Crippen LogP contribution in [0.25, 0.3) is 0 Å². The topological polar surface area (TPSA) is 53.5 Å². The zero-order valence-corrected chi connectivity index (χ0v) is 8.85. The summed E-state index contributed by atoms with van der Waals surface area (Å²) in [4.78, 5) is 13.3. The van der Waals surface area contributed by atoms with E-state index in [0.29, 0.717) is 11.8 Å². The number of alkyl halides is 6. The number of hydrogen-bond donors (Lipinski definition) is 2. The van der Waals surface area contributed by atoms with Crippen LogP contribution in [0.5, 0.6) is 0 Å². The molecule has 0 bridgehead atoms. The van der Waals surface area contributed by atoms with Crippen molar-refractivity contribution in [2.75, 3.05) is 6.26 Å². The highest BCUT2D eigenvalue weighted by Crippen LogP contribution is 2.45. The van der Waals surface area contributed by atoms with Gasteiger partial charge in [0.2, 0.25) is 0 Å². The Kier molecular flexibility index (Phi) is 3.25. The van der Waals surface area contributed by atoms with Crippen molar-refractivity contribution in [2.24, 2.45) is 4.99 Å². The number of nitrogens with zero attached hydrogens (tertiary/aromatic N) is 1. The molecule has 1 heterocycles. The van der Waals surface area contributed by atoms with Gasteiger partial charge in [-0.05, 0) is 6.26 Å². The van der Waals surface area contributed by atoms with Gasteiger partial charge in [0.05, 0.1) is 0 Å². The maximum atomic E-state index is 12.5. The van der Waals surface area contributed by atoms with Crippen LogP contribution in [0.4, 0.5) is 31.1 Å². The number of rotatable bonds is 0. The molecule has 4 nitrogen and oxygen atoms in total. The lowest BCUT2D eigenvalue weighted by atomic mass is 10.1. The van der Waals surface area contributed by atoms with Crippen molar-refractivity contribution in [1.29, 1.82) is 0 Å². The van der Waals surface area contributed by atoms with E-state index < -0.39 is 29.2 Å². The number of hydrogen-bond acceptors (Lipinski definition) is 3. The Morgan fingerprint density at radius 1 is 1.18 bits per heavy atom. The van der Waals surface area contributed by atoms with Gasteiger partial charge in [0.1, 0.15) is 0 Å². The van der Waals surface area contributed by atoms with Crippen LogP contribution in [0.15, 0.2) is 4.99 Å². The van der Waals surface area contributed by atoms with Crippen LogP contribution >= 0.6 is 11.8 Å². The normalized spacial score (nSPS) is 20.4. The second-order valence-electron chi connectivity index (χ2n) is 2.91. The van der Waals surface area contributed by atoms with Gasteiger partial charge in [-0.15, -0.1) is 0 Å². The molecule has 1 rings (SSSR count). The van der Waals surface area contributed by atoms with Crippen LogP contribution in [0.2, 0.25) is 0 Å². The van der Waals surface area contributed by atoms with Gasteiger partial charge in [0.25, 0.3) is 0 Å². The SMILES string of the molecule is CSC1=NC(C(F)(F)F)(C(F)(F)F)NC(=O)N1. The lowest BCUT2D eigenvalue weighted by Crippen LogP contribution is -2.71. The maximum absolute atomic E-state index is 12.5. The van der Waals surface area contributed by atoms with Crippen LogP contribution < -0.4 is 10.6 Å². The molecule has 1 aliphatic rings. The number of halogens is 6. The van der Waals surface area contributed by atoms with E-state index in [-0.39, 0.29) is 0 Å². The average Bonchev–Trinajstić information content (AvgIpc) is 2.13. The summed E-state index contributed by atoms with van der Waals surface area (Å²) >= 11 is 0.462. The zero-order valence-electron chi connectivity index (χ0n) is 8.03. The van der Waals surface area contributed by atoms with Gasteiger partial charge in [-0.25, -0.2) is 9.79 Å². The molecule has 98 valence electrons.